The predicted molar refractivity (Wildman–Crippen MR) is 60.8 cm³/mol. The Morgan fingerprint density at radius 3 is 2.31 bits per heavy atom. The van der Waals surface area contributed by atoms with Crippen LogP contribution >= 0.6 is 18.0 Å². The van der Waals surface area contributed by atoms with Crippen molar-refractivity contribution in [2.45, 2.75) is 13.8 Å². The summed E-state index contributed by atoms with van der Waals surface area (Å²) in [7, 11) is 1.51. The van der Waals surface area contributed by atoms with Crippen LogP contribution < -0.4 is 0 Å². The number of hydrogen-bond acceptors (Lipinski definition) is 4. The molecule has 0 aromatic rings. The third-order valence-electron chi connectivity index (χ3n) is 1.96. The molecule has 0 N–H and O–H groups in total. The Kier molecular flexibility index (Phi) is 7.15. The van der Waals surface area contributed by atoms with Gasteiger partial charge in [0.05, 0.1) is 0 Å². The van der Waals surface area contributed by atoms with Gasteiger partial charge in [-0.1, -0.05) is 25.2 Å². The zero-order valence-electron chi connectivity index (χ0n) is 8.95. The average molecular weight is 225 g/mol. The Bertz CT molecular complexity index is 174. The molecule has 1 atom stereocenters. The minimum Gasteiger partial charge on any atom is -0.325 e. The Balaban J connectivity index is 3.60. The van der Waals surface area contributed by atoms with Crippen molar-refractivity contribution in [2.75, 3.05) is 39.2 Å². The largest absolute Gasteiger partial charge is 0.325 e. The van der Waals surface area contributed by atoms with E-state index in [1.165, 1.54) is 18.5 Å². The van der Waals surface area contributed by atoms with Crippen molar-refractivity contribution >= 4 is 18.0 Å². The minimum atomic E-state index is -2.36. The van der Waals surface area contributed by atoms with Crippen LogP contribution in [0.5, 0.6) is 0 Å². The van der Waals surface area contributed by atoms with Gasteiger partial charge in [0.1, 0.15) is 0 Å². The molecule has 0 radical (unpaired) electrons. The van der Waals surface area contributed by atoms with Crippen LogP contribution in [0.25, 0.3) is 0 Å². The SMILES string of the molecule is CCN(CC)CCSP(C)(=O)OC. The quantitative estimate of drug-likeness (QED) is 0.623. The molecule has 0 saturated carbocycles. The lowest BCUT2D eigenvalue weighted by Gasteiger charge is -2.18. The van der Waals surface area contributed by atoms with Crippen LogP contribution in [0.4, 0.5) is 0 Å². The maximum Gasteiger partial charge on any atom is 0.254 e. The second-order valence-electron chi connectivity index (χ2n) is 2.81. The molecule has 0 saturated heterocycles. The van der Waals surface area contributed by atoms with Gasteiger partial charge in [0, 0.05) is 26.1 Å². The first-order valence-corrected chi connectivity index (χ1v) is 8.22. The monoisotopic (exact) mass is 225 g/mol. The van der Waals surface area contributed by atoms with Crippen molar-refractivity contribution in [3.05, 3.63) is 0 Å². The molecule has 0 spiro atoms. The van der Waals surface area contributed by atoms with Gasteiger partial charge in [-0.05, 0) is 13.1 Å². The summed E-state index contributed by atoms with van der Waals surface area (Å²) in [6.45, 7) is 6.67. The lowest BCUT2D eigenvalue weighted by Crippen LogP contribution is -2.25. The van der Waals surface area contributed by atoms with E-state index in [2.05, 4.69) is 18.7 Å². The number of rotatable bonds is 7. The summed E-state index contributed by atoms with van der Waals surface area (Å²) in [5.74, 6) is 0.878. The maximum atomic E-state index is 11.5. The molecular weight excluding hydrogens is 205 g/mol. The molecule has 0 aliphatic rings. The molecule has 0 rings (SSSR count). The van der Waals surface area contributed by atoms with Gasteiger partial charge in [0.2, 0.25) is 0 Å². The molecule has 0 amide bonds. The minimum absolute atomic E-state index is 0.878. The smallest absolute Gasteiger partial charge is 0.254 e. The van der Waals surface area contributed by atoms with Crippen molar-refractivity contribution in [2.24, 2.45) is 0 Å². The Hall–Kier alpha value is 0.500. The van der Waals surface area contributed by atoms with Crippen LogP contribution in [-0.4, -0.2) is 44.1 Å². The van der Waals surface area contributed by atoms with E-state index in [1.54, 1.807) is 6.66 Å². The second kappa shape index (κ2) is 6.88. The summed E-state index contributed by atoms with van der Waals surface area (Å²) in [6, 6.07) is 0. The molecule has 1 unspecified atom stereocenters. The first-order valence-electron chi connectivity index (χ1n) is 4.55. The van der Waals surface area contributed by atoms with E-state index < -0.39 is 6.57 Å². The van der Waals surface area contributed by atoms with E-state index in [-0.39, 0.29) is 0 Å². The molecule has 0 heterocycles. The fourth-order valence-electron chi connectivity index (χ4n) is 0.928. The molecule has 0 bridgehead atoms. The highest BCUT2D eigenvalue weighted by atomic mass is 32.7. The first-order chi connectivity index (χ1) is 6.05. The van der Waals surface area contributed by atoms with Gasteiger partial charge in [-0.15, -0.1) is 0 Å². The van der Waals surface area contributed by atoms with Crippen molar-refractivity contribution in [1.82, 2.24) is 4.90 Å². The fourth-order valence-corrected chi connectivity index (χ4v) is 3.26. The van der Waals surface area contributed by atoms with Crippen LogP contribution in [0, 0.1) is 0 Å². The zero-order chi connectivity index (χ0) is 10.3. The predicted octanol–water partition coefficient (Wildman–Crippen LogP) is 2.53. The molecule has 0 aromatic carbocycles. The summed E-state index contributed by atoms with van der Waals surface area (Å²) in [5, 5.41) is 0. The molecule has 0 aliphatic heterocycles. The van der Waals surface area contributed by atoms with Gasteiger partial charge in [0.25, 0.3) is 6.57 Å². The lowest BCUT2D eigenvalue weighted by molar-refractivity contribution is 0.324. The van der Waals surface area contributed by atoms with Crippen LogP contribution in [0.1, 0.15) is 13.8 Å². The molecule has 0 fully saturated rings. The van der Waals surface area contributed by atoms with Gasteiger partial charge in [0.15, 0.2) is 0 Å². The summed E-state index contributed by atoms with van der Waals surface area (Å²) < 4.78 is 16.3. The van der Waals surface area contributed by atoms with Gasteiger partial charge in [-0.2, -0.15) is 0 Å². The van der Waals surface area contributed by atoms with E-state index in [9.17, 15) is 4.57 Å². The summed E-state index contributed by atoms with van der Waals surface area (Å²) in [6.07, 6.45) is 0. The van der Waals surface area contributed by atoms with E-state index >= 15 is 0 Å². The Morgan fingerprint density at radius 1 is 1.38 bits per heavy atom. The Morgan fingerprint density at radius 2 is 1.92 bits per heavy atom. The average Bonchev–Trinajstić information content (AvgIpc) is 2.12. The highest BCUT2D eigenvalue weighted by Crippen LogP contribution is 2.55. The van der Waals surface area contributed by atoms with Crippen LogP contribution in [0.3, 0.4) is 0 Å². The molecule has 0 aromatic heterocycles. The topological polar surface area (TPSA) is 29.5 Å². The first kappa shape index (κ1) is 13.5. The molecule has 3 nitrogen and oxygen atoms in total. The second-order valence-corrected chi connectivity index (χ2v) is 8.15. The van der Waals surface area contributed by atoms with Crippen LogP contribution in [-0.2, 0) is 9.09 Å². The summed E-state index contributed by atoms with van der Waals surface area (Å²) in [5.41, 5.74) is 0. The van der Waals surface area contributed by atoms with E-state index in [0.29, 0.717) is 0 Å². The molecule has 0 aliphatic carbocycles. The molecule has 5 heteroatoms. The third kappa shape index (κ3) is 6.55. The van der Waals surface area contributed by atoms with Crippen molar-refractivity contribution in [1.29, 1.82) is 0 Å². The molecule has 13 heavy (non-hydrogen) atoms. The summed E-state index contributed by atoms with van der Waals surface area (Å²) in [4.78, 5) is 2.31. The summed E-state index contributed by atoms with van der Waals surface area (Å²) >= 11 is 1.43. The zero-order valence-corrected chi connectivity index (χ0v) is 10.7. The molecular formula is C8H20NO2PS. The standard InChI is InChI=1S/C8H20NO2PS/c1-5-9(6-2)7-8-13-12(4,10)11-3/h5-8H2,1-4H3. The third-order valence-corrected chi connectivity index (χ3v) is 5.86. The van der Waals surface area contributed by atoms with E-state index in [4.69, 9.17) is 4.52 Å². The van der Waals surface area contributed by atoms with Crippen LogP contribution in [0.15, 0.2) is 0 Å². The fraction of sp³-hybridized carbons (Fsp3) is 1.00. The van der Waals surface area contributed by atoms with Gasteiger partial charge < -0.3 is 9.42 Å². The van der Waals surface area contributed by atoms with Gasteiger partial charge in [-0.3, -0.25) is 4.57 Å². The lowest BCUT2D eigenvalue weighted by atomic mass is 10.5. The van der Waals surface area contributed by atoms with Crippen molar-refractivity contribution < 1.29 is 9.09 Å². The van der Waals surface area contributed by atoms with Crippen molar-refractivity contribution in [3.63, 3.8) is 0 Å². The normalized spacial score (nSPS) is 16.1. The van der Waals surface area contributed by atoms with E-state index in [0.717, 1.165) is 25.4 Å². The highest BCUT2D eigenvalue weighted by molar-refractivity contribution is 8.56. The van der Waals surface area contributed by atoms with Crippen LogP contribution in [0.2, 0.25) is 0 Å². The van der Waals surface area contributed by atoms with E-state index in [1.807, 2.05) is 0 Å². The van der Waals surface area contributed by atoms with Gasteiger partial charge in [-0.25, -0.2) is 0 Å². The highest BCUT2D eigenvalue weighted by Gasteiger charge is 2.13. The number of hydrogen-bond donors (Lipinski definition) is 0. The molecule has 80 valence electrons. The number of nitrogens with zero attached hydrogens (tertiary/aromatic N) is 1. The van der Waals surface area contributed by atoms with Gasteiger partial charge >= 0.3 is 0 Å². The van der Waals surface area contributed by atoms with Crippen molar-refractivity contribution in [3.8, 4) is 0 Å². The maximum absolute atomic E-state index is 11.5. The Labute approximate surface area is 85.4 Å².